The van der Waals surface area contributed by atoms with Gasteiger partial charge in [-0.15, -0.1) is 0 Å². The first kappa shape index (κ1) is 15.8. The van der Waals surface area contributed by atoms with Crippen molar-refractivity contribution in [3.8, 4) is 0 Å². The van der Waals surface area contributed by atoms with Crippen molar-refractivity contribution in [2.45, 2.75) is 39.7 Å². The molecule has 1 heterocycles. The van der Waals surface area contributed by atoms with Crippen LogP contribution in [0.3, 0.4) is 0 Å². The normalized spacial score (nSPS) is 19.1. The van der Waals surface area contributed by atoms with Crippen LogP contribution in [0.1, 0.15) is 44.2 Å². The zero-order valence-corrected chi connectivity index (χ0v) is 12.8. The quantitative estimate of drug-likeness (QED) is 0.380. The minimum absolute atomic E-state index is 0.159. The highest BCUT2D eigenvalue weighted by Gasteiger charge is 2.34. The molecule has 21 heavy (non-hydrogen) atoms. The van der Waals surface area contributed by atoms with Gasteiger partial charge in [0.05, 0.1) is 5.56 Å². The molecule has 0 aliphatic carbocycles. The molecule has 4 nitrogen and oxygen atoms in total. The molecule has 2 rings (SSSR count). The summed E-state index contributed by atoms with van der Waals surface area (Å²) in [6.45, 7) is 7.03. The van der Waals surface area contributed by atoms with Gasteiger partial charge in [0.2, 0.25) is 0 Å². The maximum Gasteiger partial charge on any atom is 0.173 e. The Morgan fingerprint density at radius 3 is 2.71 bits per heavy atom. The average Bonchev–Trinajstić information content (AvgIpc) is 2.92. The van der Waals surface area contributed by atoms with Crippen molar-refractivity contribution in [1.29, 1.82) is 0 Å². The lowest BCUT2D eigenvalue weighted by atomic mass is 9.82. The van der Waals surface area contributed by atoms with Gasteiger partial charge in [0, 0.05) is 18.7 Å². The van der Waals surface area contributed by atoms with E-state index in [2.05, 4.69) is 23.9 Å². The molecule has 1 fully saturated rings. The molecule has 1 aromatic carbocycles. The average molecular weight is 293 g/mol. The second-order valence-electron chi connectivity index (χ2n) is 5.93. The summed E-state index contributed by atoms with van der Waals surface area (Å²) in [4.78, 5) is 2.29. The standard InChI is InChI=1S/C16H24FN3O/c1-3-16(4-2)8-9-20(11-16)10-12-6-5-7-13(14(12)17)15(18)19-21/h5-7,21H,3-4,8-11H2,1-2H3,(H2,18,19). The van der Waals surface area contributed by atoms with E-state index in [0.29, 0.717) is 17.5 Å². The lowest BCUT2D eigenvalue weighted by molar-refractivity contribution is 0.234. The van der Waals surface area contributed by atoms with Crippen LogP contribution in [-0.4, -0.2) is 29.0 Å². The SMILES string of the molecule is CCC1(CC)CCN(Cc2cccc(/C(N)=N/O)c2F)C1. The molecule has 0 atom stereocenters. The maximum atomic E-state index is 14.4. The lowest BCUT2D eigenvalue weighted by Crippen LogP contribution is -2.26. The van der Waals surface area contributed by atoms with E-state index in [9.17, 15) is 4.39 Å². The molecule has 0 amide bonds. The molecule has 3 N–H and O–H groups in total. The molecule has 1 saturated heterocycles. The first-order valence-corrected chi connectivity index (χ1v) is 7.53. The van der Waals surface area contributed by atoms with Gasteiger partial charge >= 0.3 is 0 Å². The largest absolute Gasteiger partial charge is 0.409 e. The first-order chi connectivity index (χ1) is 10.0. The van der Waals surface area contributed by atoms with Crippen molar-refractivity contribution in [3.05, 3.63) is 35.1 Å². The number of rotatable bonds is 5. The van der Waals surface area contributed by atoms with E-state index < -0.39 is 5.82 Å². The van der Waals surface area contributed by atoms with Crippen LogP contribution in [0.5, 0.6) is 0 Å². The molecule has 0 saturated carbocycles. The van der Waals surface area contributed by atoms with Crippen LogP contribution in [0.2, 0.25) is 0 Å². The Labute approximate surface area is 125 Å². The fraction of sp³-hybridized carbons (Fsp3) is 0.562. The third kappa shape index (κ3) is 3.18. The predicted molar refractivity (Wildman–Crippen MR) is 81.8 cm³/mol. The van der Waals surface area contributed by atoms with Crippen molar-refractivity contribution < 1.29 is 9.60 Å². The van der Waals surface area contributed by atoms with Crippen molar-refractivity contribution >= 4 is 5.84 Å². The first-order valence-electron chi connectivity index (χ1n) is 7.53. The van der Waals surface area contributed by atoms with Crippen LogP contribution < -0.4 is 5.73 Å². The third-order valence-corrected chi connectivity index (χ3v) is 4.87. The van der Waals surface area contributed by atoms with Gasteiger partial charge in [-0.2, -0.15) is 0 Å². The van der Waals surface area contributed by atoms with Crippen LogP contribution in [0.15, 0.2) is 23.4 Å². The number of likely N-dealkylation sites (tertiary alicyclic amines) is 1. The Hall–Kier alpha value is -1.62. The van der Waals surface area contributed by atoms with Gasteiger partial charge in [0.1, 0.15) is 5.82 Å². The summed E-state index contributed by atoms with van der Waals surface area (Å²) in [6.07, 6.45) is 3.49. The van der Waals surface area contributed by atoms with Crippen molar-refractivity contribution in [1.82, 2.24) is 4.90 Å². The number of nitrogens with two attached hydrogens (primary N) is 1. The third-order valence-electron chi connectivity index (χ3n) is 4.87. The van der Waals surface area contributed by atoms with Crippen LogP contribution >= 0.6 is 0 Å². The van der Waals surface area contributed by atoms with E-state index >= 15 is 0 Å². The minimum atomic E-state index is -0.390. The molecule has 1 aromatic rings. The summed E-state index contributed by atoms with van der Waals surface area (Å²) >= 11 is 0. The van der Waals surface area contributed by atoms with Gasteiger partial charge in [-0.05, 0) is 37.3 Å². The van der Waals surface area contributed by atoms with Crippen molar-refractivity contribution in [3.63, 3.8) is 0 Å². The van der Waals surface area contributed by atoms with E-state index in [1.54, 1.807) is 12.1 Å². The van der Waals surface area contributed by atoms with Gasteiger partial charge < -0.3 is 10.9 Å². The topological polar surface area (TPSA) is 61.8 Å². The zero-order valence-electron chi connectivity index (χ0n) is 12.8. The zero-order chi connectivity index (χ0) is 15.5. The summed E-state index contributed by atoms with van der Waals surface area (Å²) in [5.74, 6) is -0.578. The van der Waals surface area contributed by atoms with Gasteiger partial charge in [-0.3, -0.25) is 4.90 Å². The number of benzene rings is 1. The predicted octanol–water partition coefficient (Wildman–Crippen LogP) is 2.93. The number of hydrogen-bond donors (Lipinski definition) is 2. The highest BCUT2D eigenvalue weighted by Crippen LogP contribution is 2.37. The van der Waals surface area contributed by atoms with Gasteiger partial charge in [-0.1, -0.05) is 31.1 Å². The Balaban J connectivity index is 2.15. The molecule has 0 unspecified atom stereocenters. The molecule has 116 valence electrons. The van der Waals surface area contributed by atoms with Gasteiger partial charge in [-0.25, -0.2) is 4.39 Å². The second kappa shape index (κ2) is 6.43. The minimum Gasteiger partial charge on any atom is -0.409 e. The number of nitrogens with zero attached hydrogens (tertiary/aromatic N) is 2. The number of hydrogen-bond acceptors (Lipinski definition) is 3. The Bertz CT molecular complexity index is 526. The summed E-state index contributed by atoms with van der Waals surface area (Å²) in [7, 11) is 0. The van der Waals surface area contributed by atoms with E-state index in [1.165, 1.54) is 12.5 Å². The Kier molecular flexibility index (Phi) is 4.83. The van der Waals surface area contributed by atoms with Crippen LogP contribution in [-0.2, 0) is 6.54 Å². The fourth-order valence-corrected chi connectivity index (χ4v) is 3.18. The van der Waals surface area contributed by atoms with E-state index in [4.69, 9.17) is 10.9 Å². The fourth-order valence-electron chi connectivity index (χ4n) is 3.18. The van der Waals surface area contributed by atoms with Crippen LogP contribution in [0, 0.1) is 11.2 Å². The smallest absolute Gasteiger partial charge is 0.173 e. The molecule has 0 aromatic heterocycles. The molecule has 5 heteroatoms. The van der Waals surface area contributed by atoms with E-state index in [0.717, 1.165) is 25.9 Å². The molecule has 0 spiro atoms. The maximum absolute atomic E-state index is 14.4. The van der Waals surface area contributed by atoms with E-state index in [1.807, 2.05) is 0 Å². The van der Waals surface area contributed by atoms with Gasteiger partial charge in [0.15, 0.2) is 5.84 Å². The van der Waals surface area contributed by atoms with Crippen LogP contribution in [0.25, 0.3) is 0 Å². The lowest BCUT2D eigenvalue weighted by Gasteiger charge is -2.26. The summed E-state index contributed by atoms with van der Waals surface area (Å²) in [5.41, 5.74) is 6.64. The van der Waals surface area contributed by atoms with E-state index in [-0.39, 0.29) is 11.4 Å². The highest BCUT2D eigenvalue weighted by molar-refractivity contribution is 5.97. The molecule has 0 radical (unpaired) electrons. The summed E-state index contributed by atoms with van der Waals surface area (Å²) < 4.78 is 14.4. The molecular weight excluding hydrogens is 269 g/mol. The Morgan fingerprint density at radius 2 is 2.14 bits per heavy atom. The molecule has 1 aliphatic rings. The molecule has 0 bridgehead atoms. The monoisotopic (exact) mass is 293 g/mol. The Morgan fingerprint density at radius 1 is 1.43 bits per heavy atom. The number of amidine groups is 1. The molecular formula is C16H24FN3O. The van der Waals surface area contributed by atoms with Crippen LogP contribution in [0.4, 0.5) is 4.39 Å². The second-order valence-corrected chi connectivity index (χ2v) is 5.93. The highest BCUT2D eigenvalue weighted by atomic mass is 19.1. The number of halogens is 1. The molecule has 1 aliphatic heterocycles. The van der Waals surface area contributed by atoms with Crippen molar-refractivity contribution in [2.24, 2.45) is 16.3 Å². The summed E-state index contributed by atoms with van der Waals surface area (Å²) in [5, 5.41) is 11.6. The van der Waals surface area contributed by atoms with Crippen molar-refractivity contribution in [2.75, 3.05) is 13.1 Å². The number of oxime groups is 1. The summed E-state index contributed by atoms with van der Waals surface area (Å²) in [6, 6.07) is 5.04. The van der Waals surface area contributed by atoms with Gasteiger partial charge in [0.25, 0.3) is 0 Å².